The molecule has 0 amide bonds. The van der Waals surface area contributed by atoms with Crippen molar-refractivity contribution >= 4 is 23.1 Å². The normalized spacial score (nSPS) is 15.6. The van der Waals surface area contributed by atoms with Gasteiger partial charge >= 0.3 is 0 Å². The van der Waals surface area contributed by atoms with Gasteiger partial charge in [0.25, 0.3) is 0 Å². The molecule has 1 aliphatic heterocycles. The van der Waals surface area contributed by atoms with Crippen molar-refractivity contribution in [2.24, 2.45) is 0 Å². The molecule has 3 aromatic rings. The Morgan fingerprint density at radius 3 is 2.70 bits per heavy atom. The Balaban J connectivity index is 1.50. The van der Waals surface area contributed by atoms with Crippen LogP contribution in [0.1, 0.15) is 33.5 Å². The summed E-state index contributed by atoms with van der Waals surface area (Å²) in [4.78, 5) is 19.5. The molecular weight excluding hydrogens is 440 g/mol. The maximum Gasteiger partial charge on any atom is 0.232 e. The molecule has 0 radical (unpaired) electrons. The topological polar surface area (TPSA) is 71.9 Å². The van der Waals surface area contributed by atoms with Crippen molar-refractivity contribution in [2.75, 3.05) is 31.7 Å². The van der Waals surface area contributed by atoms with Gasteiger partial charge in [-0.3, -0.25) is 4.79 Å². The quantitative estimate of drug-likeness (QED) is 0.474. The minimum Gasteiger partial charge on any atom is -0.471 e. The third-order valence-electron chi connectivity index (χ3n) is 5.74. The molecule has 0 aliphatic carbocycles. The van der Waals surface area contributed by atoms with Gasteiger partial charge in [-0.05, 0) is 47.9 Å². The van der Waals surface area contributed by atoms with Crippen molar-refractivity contribution in [3.05, 3.63) is 88.1 Å². The number of aliphatic hydroxyl groups is 1. The first-order valence-electron chi connectivity index (χ1n) is 11.0. The molecule has 1 aliphatic rings. The van der Waals surface area contributed by atoms with Crippen LogP contribution in [0.2, 0.25) is 5.02 Å². The number of nitrogens with zero attached hydrogens (tertiary/aromatic N) is 2. The standard InChI is InChI=1S/C26H27ClN2O4/c1-32-17-18-4-6-19(7-5-18)25(31)21-8-9-24(20(15-21)11-14-30)29-13-10-22(16-29)33-26-23(27)3-2-12-28-26/h2-9,12,15,22,30H,10-11,13-14,16-17H2,1H3. The SMILES string of the molecule is COCc1ccc(C(=O)c2ccc(N3CCC(Oc4ncccc4Cl)C3)c(CCO)c2)cc1. The smallest absolute Gasteiger partial charge is 0.232 e. The van der Waals surface area contributed by atoms with Crippen LogP contribution >= 0.6 is 11.6 Å². The van der Waals surface area contributed by atoms with Gasteiger partial charge in [0, 0.05) is 49.7 Å². The molecule has 0 spiro atoms. The largest absolute Gasteiger partial charge is 0.471 e. The molecule has 7 heteroatoms. The molecule has 6 nitrogen and oxygen atoms in total. The fraction of sp³-hybridized carbons (Fsp3) is 0.308. The summed E-state index contributed by atoms with van der Waals surface area (Å²) in [6, 6.07) is 16.7. The van der Waals surface area contributed by atoms with Gasteiger partial charge < -0.3 is 19.5 Å². The molecule has 1 atom stereocenters. The summed E-state index contributed by atoms with van der Waals surface area (Å²) < 4.78 is 11.1. The number of rotatable bonds is 9. The molecule has 0 bridgehead atoms. The van der Waals surface area contributed by atoms with Crippen LogP contribution in [0.3, 0.4) is 0 Å². The molecule has 33 heavy (non-hydrogen) atoms. The van der Waals surface area contributed by atoms with E-state index in [0.717, 1.165) is 29.8 Å². The third kappa shape index (κ3) is 5.53. The number of ketones is 1. The number of benzene rings is 2. The predicted octanol–water partition coefficient (Wildman–Crippen LogP) is 4.30. The Morgan fingerprint density at radius 2 is 1.97 bits per heavy atom. The van der Waals surface area contributed by atoms with E-state index in [1.807, 2.05) is 42.5 Å². The first-order valence-corrected chi connectivity index (χ1v) is 11.4. The third-order valence-corrected chi connectivity index (χ3v) is 6.03. The zero-order valence-corrected chi connectivity index (χ0v) is 19.3. The van der Waals surface area contributed by atoms with E-state index in [1.165, 1.54) is 0 Å². The number of carbonyl (C=O) groups is 1. The summed E-state index contributed by atoms with van der Waals surface area (Å²) in [5.74, 6) is 0.399. The number of ether oxygens (including phenoxy) is 2. The number of aliphatic hydroxyl groups excluding tert-OH is 1. The van der Waals surface area contributed by atoms with E-state index in [4.69, 9.17) is 21.1 Å². The Kier molecular flexibility index (Phi) is 7.60. The van der Waals surface area contributed by atoms with E-state index in [9.17, 15) is 9.90 Å². The number of methoxy groups -OCH3 is 1. The number of hydrogen-bond acceptors (Lipinski definition) is 6. The van der Waals surface area contributed by atoms with Gasteiger partial charge in [-0.1, -0.05) is 35.9 Å². The number of hydrogen-bond donors (Lipinski definition) is 1. The zero-order chi connectivity index (χ0) is 23.2. The van der Waals surface area contributed by atoms with Crippen LogP contribution in [0.25, 0.3) is 0 Å². The highest BCUT2D eigenvalue weighted by atomic mass is 35.5. The Labute approximate surface area is 198 Å². The molecule has 0 saturated carbocycles. The van der Waals surface area contributed by atoms with Crippen LogP contribution in [0.5, 0.6) is 5.88 Å². The molecule has 4 rings (SSSR count). The summed E-state index contributed by atoms with van der Waals surface area (Å²) in [6.07, 6.45) is 2.93. The van der Waals surface area contributed by atoms with E-state index >= 15 is 0 Å². The van der Waals surface area contributed by atoms with E-state index in [-0.39, 0.29) is 18.5 Å². The van der Waals surface area contributed by atoms with Gasteiger partial charge in [0.1, 0.15) is 11.1 Å². The van der Waals surface area contributed by atoms with Crippen molar-refractivity contribution in [1.29, 1.82) is 0 Å². The molecule has 1 fully saturated rings. The first kappa shape index (κ1) is 23.2. The van der Waals surface area contributed by atoms with Crippen LogP contribution in [0, 0.1) is 0 Å². The van der Waals surface area contributed by atoms with Crippen molar-refractivity contribution < 1.29 is 19.4 Å². The monoisotopic (exact) mass is 466 g/mol. The number of aromatic nitrogens is 1. The molecule has 172 valence electrons. The number of carbonyl (C=O) groups excluding carboxylic acids is 1. The Hall–Kier alpha value is -2.93. The Bertz CT molecular complexity index is 1100. The molecule has 2 aromatic carbocycles. The van der Waals surface area contributed by atoms with E-state index < -0.39 is 0 Å². The fourth-order valence-electron chi connectivity index (χ4n) is 4.10. The summed E-state index contributed by atoms with van der Waals surface area (Å²) in [7, 11) is 1.64. The lowest BCUT2D eigenvalue weighted by molar-refractivity contribution is 0.103. The molecule has 2 heterocycles. The molecule has 1 N–H and O–H groups in total. The van der Waals surface area contributed by atoms with Gasteiger partial charge in [0.05, 0.1) is 13.2 Å². The average Bonchev–Trinajstić information content (AvgIpc) is 3.29. The summed E-state index contributed by atoms with van der Waals surface area (Å²) in [5.41, 5.74) is 4.20. The fourth-order valence-corrected chi connectivity index (χ4v) is 4.27. The van der Waals surface area contributed by atoms with Crippen LogP contribution in [0.15, 0.2) is 60.8 Å². The number of halogens is 1. The number of pyridine rings is 1. The molecule has 1 unspecified atom stereocenters. The molecule has 1 aromatic heterocycles. The van der Waals surface area contributed by atoms with Crippen LogP contribution in [0.4, 0.5) is 5.69 Å². The van der Waals surface area contributed by atoms with Crippen molar-refractivity contribution in [3.63, 3.8) is 0 Å². The van der Waals surface area contributed by atoms with Gasteiger partial charge in [0.15, 0.2) is 5.78 Å². The second kappa shape index (κ2) is 10.8. The van der Waals surface area contributed by atoms with E-state index in [1.54, 1.807) is 25.4 Å². The minimum absolute atomic E-state index is 0.00761. The van der Waals surface area contributed by atoms with Crippen LogP contribution < -0.4 is 9.64 Å². The van der Waals surface area contributed by atoms with Gasteiger partial charge in [-0.2, -0.15) is 0 Å². The minimum atomic E-state index is -0.0443. The second-order valence-corrected chi connectivity index (χ2v) is 8.45. The summed E-state index contributed by atoms with van der Waals surface area (Å²) >= 11 is 6.18. The van der Waals surface area contributed by atoms with E-state index in [0.29, 0.717) is 41.6 Å². The zero-order valence-electron chi connectivity index (χ0n) is 18.5. The van der Waals surface area contributed by atoms with Crippen LogP contribution in [-0.4, -0.2) is 48.8 Å². The maximum absolute atomic E-state index is 13.0. The highest BCUT2D eigenvalue weighted by Crippen LogP contribution is 2.30. The maximum atomic E-state index is 13.0. The second-order valence-electron chi connectivity index (χ2n) is 8.04. The lowest BCUT2D eigenvalue weighted by Gasteiger charge is -2.23. The predicted molar refractivity (Wildman–Crippen MR) is 128 cm³/mol. The molecular formula is C26H27ClN2O4. The van der Waals surface area contributed by atoms with Crippen molar-refractivity contribution in [1.82, 2.24) is 4.98 Å². The van der Waals surface area contributed by atoms with Crippen LogP contribution in [-0.2, 0) is 17.8 Å². The lowest BCUT2D eigenvalue weighted by atomic mass is 9.98. The van der Waals surface area contributed by atoms with Crippen molar-refractivity contribution in [2.45, 2.75) is 25.6 Å². The van der Waals surface area contributed by atoms with Crippen molar-refractivity contribution in [3.8, 4) is 5.88 Å². The van der Waals surface area contributed by atoms with Gasteiger partial charge in [-0.25, -0.2) is 4.98 Å². The highest BCUT2D eigenvalue weighted by Gasteiger charge is 2.27. The summed E-state index contributed by atoms with van der Waals surface area (Å²) in [5, 5.41) is 10.1. The molecule has 1 saturated heterocycles. The summed E-state index contributed by atoms with van der Waals surface area (Å²) in [6.45, 7) is 2.01. The average molecular weight is 467 g/mol. The Morgan fingerprint density at radius 1 is 1.18 bits per heavy atom. The number of anilines is 1. The first-order chi connectivity index (χ1) is 16.1. The van der Waals surface area contributed by atoms with Gasteiger partial charge in [-0.15, -0.1) is 0 Å². The van der Waals surface area contributed by atoms with E-state index in [2.05, 4.69) is 9.88 Å². The van der Waals surface area contributed by atoms with Gasteiger partial charge in [0.2, 0.25) is 5.88 Å². The lowest BCUT2D eigenvalue weighted by Crippen LogP contribution is -2.26. The highest BCUT2D eigenvalue weighted by molar-refractivity contribution is 6.31.